The van der Waals surface area contributed by atoms with E-state index in [2.05, 4.69) is 15.6 Å². The Bertz CT molecular complexity index is 517. The van der Waals surface area contributed by atoms with Gasteiger partial charge in [0, 0.05) is 26.2 Å². The van der Waals surface area contributed by atoms with E-state index in [1.165, 1.54) is 6.07 Å². The molecule has 1 aromatic heterocycles. The van der Waals surface area contributed by atoms with Crippen LogP contribution in [-0.4, -0.2) is 59.6 Å². The van der Waals surface area contributed by atoms with Crippen LogP contribution in [0.15, 0.2) is 12.1 Å². The van der Waals surface area contributed by atoms with Crippen molar-refractivity contribution in [2.75, 3.05) is 38.0 Å². The van der Waals surface area contributed by atoms with Gasteiger partial charge in [-0.2, -0.15) is 0 Å². The molecular weight excluding hydrogens is 284 g/mol. The lowest BCUT2D eigenvalue weighted by molar-refractivity contribution is -0.129. The molecule has 0 aliphatic carbocycles. The first-order chi connectivity index (χ1) is 9.58. The number of carboxylic acids is 1. The first-order valence-electron chi connectivity index (χ1n) is 6.20. The number of halogens is 1. The lowest BCUT2D eigenvalue weighted by atomic mass is 10.3. The minimum atomic E-state index is -1.20. The fraction of sp³-hybridized carbons (Fsp3) is 0.417. The quantitative estimate of drug-likeness (QED) is 0.739. The van der Waals surface area contributed by atoms with E-state index in [0.717, 1.165) is 13.1 Å². The molecule has 1 aliphatic rings. The number of carboxylic acid groups (broad SMARTS) is 1. The van der Waals surface area contributed by atoms with Gasteiger partial charge in [0.25, 0.3) is 0 Å². The van der Waals surface area contributed by atoms with Crippen LogP contribution < -0.4 is 10.6 Å². The molecule has 0 saturated carbocycles. The summed E-state index contributed by atoms with van der Waals surface area (Å²) in [5.74, 6) is -0.928. The average molecular weight is 299 g/mol. The first-order valence-corrected chi connectivity index (χ1v) is 6.58. The number of carbonyl (C=O) groups excluding carboxylic acids is 1. The highest BCUT2D eigenvalue weighted by molar-refractivity contribution is 6.33. The number of nitrogens with one attached hydrogen (secondary N) is 2. The Morgan fingerprint density at radius 3 is 2.75 bits per heavy atom. The molecule has 7 nitrogen and oxygen atoms in total. The Balaban J connectivity index is 1.95. The molecule has 1 aromatic rings. The van der Waals surface area contributed by atoms with Crippen molar-refractivity contribution in [2.24, 2.45) is 0 Å². The summed E-state index contributed by atoms with van der Waals surface area (Å²) in [5, 5.41) is 15.0. The summed E-state index contributed by atoms with van der Waals surface area (Å²) >= 11 is 5.72. The molecule has 0 spiro atoms. The second-order valence-corrected chi connectivity index (χ2v) is 4.72. The van der Waals surface area contributed by atoms with Crippen LogP contribution in [0.3, 0.4) is 0 Å². The molecule has 2 heterocycles. The van der Waals surface area contributed by atoms with E-state index < -0.39 is 5.97 Å². The van der Waals surface area contributed by atoms with E-state index in [9.17, 15) is 9.59 Å². The van der Waals surface area contributed by atoms with Gasteiger partial charge in [-0.1, -0.05) is 11.6 Å². The summed E-state index contributed by atoms with van der Waals surface area (Å²) in [6, 6.07) is 2.98. The molecule has 0 radical (unpaired) electrons. The molecule has 20 heavy (non-hydrogen) atoms. The van der Waals surface area contributed by atoms with Gasteiger partial charge in [0.1, 0.15) is 5.82 Å². The van der Waals surface area contributed by atoms with Crippen LogP contribution in [0.25, 0.3) is 0 Å². The van der Waals surface area contributed by atoms with Crippen LogP contribution in [0.2, 0.25) is 5.02 Å². The lowest BCUT2D eigenvalue weighted by Crippen LogP contribution is -2.48. The summed E-state index contributed by atoms with van der Waals surface area (Å²) in [6.07, 6.45) is 0. The van der Waals surface area contributed by atoms with Crippen molar-refractivity contribution in [1.82, 2.24) is 15.2 Å². The summed E-state index contributed by atoms with van der Waals surface area (Å²) in [7, 11) is 0. The molecule has 3 N–H and O–H groups in total. The Hall–Kier alpha value is -1.86. The van der Waals surface area contributed by atoms with Crippen molar-refractivity contribution >= 4 is 29.3 Å². The first kappa shape index (κ1) is 14.5. The lowest BCUT2D eigenvalue weighted by Gasteiger charge is -2.27. The average Bonchev–Trinajstić information content (AvgIpc) is 2.46. The van der Waals surface area contributed by atoms with Gasteiger partial charge in [-0.15, -0.1) is 0 Å². The smallest absolute Gasteiger partial charge is 0.356 e. The largest absolute Gasteiger partial charge is 0.476 e. The van der Waals surface area contributed by atoms with E-state index in [1.807, 2.05) is 0 Å². The van der Waals surface area contributed by atoms with Crippen molar-refractivity contribution in [2.45, 2.75) is 0 Å². The summed E-state index contributed by atoms with van der Waals surface area (Å²) in [4.78, 5) is 28.4. The van der Waals surface area contributed by atoms with Crippen LogP contribution in [0.5, 0.6) is 0 Å². The third kappa shape index (κ3) is 3.58. The maximum absolute atomic E-state index is 11.9. The van der Waals surface area contributed by atoms with E-state index in [-0.39, 0.29) is 23.2 Å². The number of amides is 1. The zero-order valence-corrected chi connectivity index (χ0v) is 11.5. The van der Waals surface area contributed by atoms with Crippen molar-refractivity contribution < 1.29 is 14.7 Å². The number of anilines is 1. The Morgan fingerprint density at radius 2 is 2.10 bits per heavy atom. The van der Waals surface area contributed by atoms with Gasteiger partial charge in [0.15, 0.2) is 5.69 Å². The van der Waals surface area contributed by atoms with E-state index in [1.54, 1.807) is 11.0 Å². The number of rotatable bonds is 4. The van der Waals surface area contributed by atoms with Crippen LogP contribution >= 0.6 is 11.6 Å². The van der Waals surface area contributed by atoms with Crippen molar-refractivity contribution in [3.8, 4) is 0 Å². The van der Waals surface area contributed by atoms with Crippen molar-refractivity contribution in [3.63, 3.8) is 0 Å². The SMILES string of the molecule is O=C(O)c1nc(NCC(=O)N2CCNCC2)ccc1Cl. The third-order valence-corrected chi connectivity index (χ3v) is 3.24. The molecule has 0 bridgehead atoms. The zero-order valence-electron chi connectivity index (χ0n) is 10.7. The number of carbonyl (C=O) groups is 2. The van der Waals surface area contributed by atoms with Crippen LogP contribution in [0, 0.1) is 0 Å². The highest BCUT2D eigenvalue weighted by atomic mass is 35.5. The number of hydrogen-bond acceptors (Lipinski definition) is 5. The predicted molar refractivity (Wildman–Crippen MR) is 74.1 cm³/mol. The van der Waals surface area contributed by atoms with E-state index in [0.29, 0.717) is 18.9 Å². The Kier molecular flexibility index (Phi) is 4.75. The fourth-order valence-corrected chi connectivity index (χ4v) is 2.07. The molecule has 1 amide bonds. The molecule has 108 valence electrons. The van der Waals surface area contributed by atoms with Gasteiger partial charge in [-0.3, -0.25) is 4.79 Å². The van der Waals surface area contributed by atoms with Crippen LogP contribution in [0.1, 0.15) is 10.5 Å². The second kappa shape index (κ2) is 6.53. The number of piperazine rings is 1. The van der Waals surface area contributed by atoms with Gasteiger partial charge in [-0.25, -0.2) is 9.78 Å². The van der Waals surface area contributed by atoms with Crippen molar-refractivity contribution in [1.29, 1.82) is 0 Å². The Labute approximate surface area is 120 Å². The minimum absolute atomic E-state index is 0.0416. The molecule has 1 saturated heterocycles. The molecule has 0 aromatic carbocycles. The third-order valence-electron chi connectivity index (χ3n) is 2.94. The summed E-state index contributed by atoms with van der Waals surface area (Å²) in [5.41, 5.74) is -0.230. The van der Waals surface area contributed by atoms with Gasteiger partial charge in [0.05, 0.1) is 11.6 Å². The van der Waals surface area contributed by atoms with Gasteiger partial charge >= 0.3 is 5.97 Å². The molecule has 8 heteroatoms. The Morgan fingerprint density at radius 1 is 1.40 bits per heavy atom. The number of aromatic nitrogens is 1. The number of pyridine rings is 1. The number of nitrogens with zero attached hydrogens (tertiary/aromatic N) is 2. The van der Waals surface area contributed by atoms with Gasteiger partial charge in [-0.05, 0) is 12.1 Å². The van der Waals surface area contributed by atoms with Gasteiger partial charge < -0.3 is 20.6 Å². The normalized spacial score (nSPS) is 14.9. The fourth-order valence-electron chi connectivity index (χ4n) is 1.88. The summed E-state index contributed by atoms with van der Waals surface area (Å²) < 4.78 is 0. The van der Waals surface area contributed by atoms with Gasteiger partial charge in [0.2, 0.25) is 5.91 Å². The molecule has 2 rings (SSSR count). The van der Waals surface area contributed by atoms with Crippen LogP contribution in [-0.2, 0) is 4.79 Å². The van der Waals surface area contributed by atoms with E-state index in [4.69, 9.17) is 16.7 Å². The topological polar surface area (TPSA) is 94.6 Å². The monoisotopic (exact) mass is 298 g/mol. The predicted octanol–water partition coefficient (Wildman–Crippen LogP) is 0.277. The van der Waals surface area contributed by atoms with Crippen LogP contribution in [0.4, 0.5) is 5.82 Å². The maximum Gasteiger partial charge on any atom is 0.356 e. The highest BCUT2D eigenvalue weighted by Gasteiger charge is 2.16. The summed E-state index contributed by atoms with van der Waals surface area (Å²) in [6.45, 7) is 3.00. The molecule has 1 fully saturated rings. The molecule has 1 aliphatic heterocycles. The second-order valence-electron chi connectivity index (χ2n) is 4.32. The number of hydrogen-bond donors (Lipinski definition) is 3. The molecule has 0 unspecified atom stereocenters. The van der Waals surface area contributed by atoms with Crippen molar-refractivity contribution in [3.05, 3.63) is 22.8 Å². The minimum Gasteiger partial charge on any atom is -0.476 e. The number of aromatic carboxylic acids is 1. The molecular formula is C12H15ClN4O3. The molecule has 0 atom stereocenters. The van der Waals surface area contributed by atoms with E-state index >= 15 is 0 Å². The zero-order chi connectivity index (χ0) is 14.5. The standard InChI is InChI=1S/C12H15ClN4O3/c13-8-1-2-9(16-11(8)12(19)20)15-7-10(18)17-5-3-14-4-6-17/h1-2,14H,3-7H2,(H,15,16)(H,19,20). The maximum atomic E-state index is 11.9. The highest BCUT2D eigenvalue weighted by Crippen LogP contribution is 2.16.